The van der Waals surface area contributed by atoms with Gasteiger partial charge in [0.25, 0.3) is 5.91 Å². The molecule has 0 aliphatic carbocycles. The van der Waals surface area contributed by atoms with Crippen LogP contribution in [0.3, 0.4) is 0 Å². The van der Waals surface area contributed by atoms with E-state index >= 15 is 0 Å². The van der Waals surface area contributed by atoms with Crippen LogP contribution in [0, 0.1) is 17.7 Å². The van der Waals surface area contributed by atoms with Crippen LogP contribution in [0.1, 0.15) is 39.9 Å². The average molecular weight is 399 g/mol. The second-order valence-corrected chi connectivity index (χ2v) is 7.52. The van der Waals surface area contributed by atoms with Crippen molar-refractivity contribution < 1.29 is 14.3 Å². The number of carbonyl (C=O) groups excluding carboxylic acids is 1. The molecule has 0 unspecified atom stereocenters. The smallest absolute Gasteiger partial charge is 0.253 e. The fourth-order valence-corrected chi connectivity index (χ4v) is 3.67. The Balaban J connectivity index is 1.39. The molecular weight excluding hydrogens is 377 g/mol. The summed E-state index contributed by atoms with van der Waals surface area (Å²) in [5, 5.41) is 10.9. The SMILES string of the molecule is O=C(c1ccc(C#Cc2ccccc2)cc1)N1CCC(O)(c2ccc(F)cc2)CC1. The van der Waals surface area contributed by atoms with Gasteiger partial charge in [-0.05, 0) is 66.9 Å². The predicted octanol–water partition coefficient (Wildman–Crippen LogP) is 4.35. The van der Waals surface area contributed by atoms with Crippen LogP contribution < -0.4 is 0 Å². The minimum Gasteiger partial charge on any atom is -0.385 e. The first kappa shape index (κ1) is 19.9. The lowest BCUT2D eigenvalue weighted by Gasteiger charge is -2.38. The molecular formula is C26H22FNO2. The van der Waals surface area contributed by atoms with Gasteiger partial charge in [0.2, 0.25) is 0 Å². The summed E-state index contributed by atoms with van der Waals surface area (Å²) in [5.41, 5.74) is 2.06. The molecule has 0 radical (unpaired) electrons. The molecule has 3 nitrogen and oxygen atoms in total. The number of carbonyl (C=O) groups is 1. The monoisotopic (exact) mass is 399 g/mol. The van der Waals surface area contributed by atoms with Gasteiger partial charge in [0, 0.05) is 29.8 Å². The topological polar surface area (TPSA) is 40.5 Å². The number of aliphatic hydroxyl groups is 1. The highest BCUT2D eigenvalue weighted by atomic mass is 19.1. The predicted molar refractivity (Wildman–Crippen MR) is 114 cm³/mol. The second kappa shape index (κ2) is 8.52. The van der Waals surface area contributed by atoms with Gasteiger partial charge in [-0.1, -0.05) is 42.2 Å². The van der Waals surface area contributed by atoms with Gasteiger partial charge in [-0.15, -0.1) is 0 Å². The van der Waals surface area contributed by atoms with E-state index in [1.165, 1.54) is 12.1 Å². The number of benzene rings is 3. The Kier molecular flexibility index (Phi) is 5.65. The minimum atomic E-state index is -1.03. The third-order valence-electron chi connectivity index (χ3n) is 5.52. The number of likely N-dealkylation sites (tertiary alicyclic amines) is 1. The van der Waals surface area contributed by atoms with Gasteiger partial charge in [0.1, 0.15) is 5.82 Å². The van der Waals surface area contributed by atoms with Gasteiger partial charge in [0.05, 0.1) is 5.60 Å². The highest BCUT2D eigenvalue weighted by Crippen LogP contribution is 2.33. The van der Waals surface area contributed by atoms with E-state index in [4.69, 9.17) is 0 Å². The Hall–Kier alpha value is -3.42. The molecule has 30 heavy (non-hydrogen) atoms. The zero-order valence-corrected chi connectivity index (χ0v) is 16.5. The fourth-order valence-electron chi connectivity index (χ4n) is 3.67. The molecule has 150 valence electrons. The highest BCUT2D eigenvalue weighted by Gasteiger charge is 2.35. The summed E-state index contributed by atoms with van der Waals surface area (Å²) in [6.07, 6.45) is 0.843. The van der Waals surface area contributed by atoms with Crippen LogP contribution in [0.2, 0.25) is 0 Å². The van der Waals surface area contributed by atoms with Crippen molar-refractivity contribution in [3.05, 3.63) is 107 Å². The number of halogens is 1. The molecule has 3 aromatic rings. The molecule has 1 saturated heterocycles. The van der Waals surface area contributed by atoms with Gasteiger partial charge >= 0.3 is 0 Å². The molecule has 4 heteroatoms. The Labute approximate surface area is 175 Å². The molecule has 0 saturated carbocycles. The maximum absolute atomic E-state index is 13.2. The lowest BCUT2D eigenvalue weighted by atomic mass is 9.84. The van der Waals surface area contributed by atoms with Crippen molar-refractivity contribution >= 4 is 5.91 Å². The lowest BCUT2D eigenvalue weighted by molar-refractivity contribution is -0.0211. The average Bonchev–Trinajstić information content (AvgIpc) is 2.79. The molecule has 1 N–H and O–H groups in total. The second-order valence-electron chi connectivity index (χ2n) is 7.52. The first-order valence-electron chi connectivity index (χ1n) is 9.98. The summed E-state index contributed by atoms with van der Waals surface area (Å²) in [7, 11) is 0. The molecule has 1 amide bonds. The first-order chi connectivity index (χ1) is 14.5. The molecule has 3 aromatic carbocycles. The summed E-state index contributed by atoms with van der Waals surface area (Å²) in [6.45, 7) is 0.893. The molecule has 0 aromatic heterocycles. The molecule has 1 heterocycles. The number of rotatable bonds is 2. The van der Waals surface area contributed by atoms with Crippen molar-refractivity contribution in [2.45, 2.75) is 18.4 Å². The Morgan fingerprint density at radius 2 is 1.40 bits per heavy atom. The molecule has 4 rings (SSSR count). The van der Waals surface area contributed by atoms with E-state index in [-0.39, 0.29) is 11.7 Å². The van der Waals surface area contributed by atoms with Crippen molar-refractivity contribution in [2.75, 3.05) is 13.1 Å². The molecule has 1 fully saturated rings. The maximum Gasteiger partial charge on any atom is 0.253 e. The summed E-state index contributed by atoms with van der Waals surface area (Å²) in [5.74, 6) is 5.83. The maximum atomic E-state index is 13.2. The van der Waals surface area contributed by atoms with Gasteiger partial charge in [0.15, 0.2) is 0 Å². The zero-order chi connectivity index (χ0) is 21.0. The fraction of sp³-hybridized carbons (Fsp3) is 0.192. The Morgan fingerprint density at radius 1 is 0.833 bits per heavy atom. The summed E-state index contributed by atoms with van der Waals surface area (Å²) in [4.78, 5) is 14.6. The van der Waals surface area contributed by atoms with E-state index in [1.54, 1.807) is 29.2 Å². The third-order valence-corrected chi connectivity index (χ3v) is 5.52. The van der Waals surface area contributed by atoms with Crippen LogP contribution in [0.5, 0.6) is 0 Å². The molecule has 0 spiro atoms. The van der Waals surface area contributed by atoms with Crippen LogP contribution in [0.4, 0.5) is 4.39 Å². The Bertz CT molecular complexity index is 1070. The van der Waals surface area contributed by atoms with Crippen molar-refractivity contribution in [2.24, 2.45) is 0 Å². The van der Waals surface area contributed by atoms with Crippen LogP contribution in [-0.2, 0) is 5.60 Å². The number of hydrogen-bond acceptors (Lipinski definition) is 2. The number of piperidine rings is 1. The highest BCUT2D eigenvalue weighted by molar-refractivity contribution is 5.94. The van der Waals surface area contributed by atoms with Crippen molar-refractivity contribution in [3.63, 3.8) is 0 Å². The number of hydrogen-bond donors (Lipinski definition) is 1. The number of amides is 1. The largest absolute Gasteiger partial charge is 0.385 e. The summed E-state index contributed by atoms with van der Waals surface area (Å²) >= 11 is 0. The molecule has 0 atom stereocenters. The summed E-state index contributed by atoms with van der Waals surface area (Å²) in [6, 6.07) is 23.0. The van der Waals surface area contributed by atoms with Crippen LogP contribution >= 0.6 is 0 Å². The standard InChI is InChI=1S/C26H22FNO2/c27-24-14-12-23(13-15-24)26(30)16-18-28(19-17-26)25(29)22-10-8-21(9-11-22)7-6-20-4-2-1-3-5-20/h1-5,8-15,30H,16-19H2. The third kappa shape index (κ3) is 4.42. The van der Waals surface area contributed by atoms with Crippen molar-refractivity contribution in [1.29, 1.82) is 0 Å². The van der Waals surface area contributed by atoms with E-state index in [0.717, 1.165) is 11.1 Å². The van der Waals surface area contributed by atoms with Crippen LogP contribution in [0.25, 0.3) is 0 Å². The van der Waals surface area contributed by atoms with Gasteiger partial charge < -0.3 is 10.0 Å². The first-order valence-corrected chi connectivity index (χ1v) is 9.98. The number of nitrogens with zero attached hydrogens (tertiary/aromatic N) is 1. The van der Waals surface area contributed by atoms with E-state index in [9.17, 15) is 14.3 Å². The molecule has 0 bridgehead atoms. The lowest BCUT2D eigenvalue weighted by Crippen LogP contribution is -2.45. The normalized spacial score (nSPS) is 15.2. The molecule has 1 aliphatic heterocycles. The van der Waals surface area contributed by atoms with E-state index in [2.05, 4.69) is 11.8 Å². The van der Waals surface area contributed by atoms with Crippen molar-refractivity contribution in [1.82, 2.24) is 4.90 Å². The minimum absolute atomic E-state index is 0.0567. The zero-order valence-electron chi connectivity index (χ0n) is 16.5. The molecule has 1 aliphatic rings. The Morgan fingerprint density at radius 3 is 2.00 bits per heavy atom. The van der Waals surface area contributed by atoms with Gasteiger partial charge in [-0.3, -0.25) is 4.79 Å². The van der Waals surface area contributed by atoms with Crippen LogP contribution in [0.15, 0.2) is 78.9 Å². The van der Waals surface area contributed by atoms with E-state index in [1.807, 2.05) is 42.5 Å². The van der Waals surface area contributed by atoms with Gasteiger partial charge in [-0.2, -0.15) is 0 Å². The van der Waals surface area contributed by atoms with Gasteiger partial charge in [-0.25, -0.2) is 4.39 Å². The quantitative estimate of drug-likeness (QED) is 0.651. The van der Waals surface area contributed by atoms with E-state index < -0.39 is 5.60 Å². The van der Waals surface area contributed by atoms with Crippen LogP contribution in [-0.4, -0.2) is 29.0 Å². The summed E-state index contributed by atoms with van der Waals surface area (Å²) < 4.78 is 13.2. The van der Waals surface area contributed by atoms with E-state index in [0.29, 0.717) is 37.1 Å². The van der Waals surface area contributed by atoms with Crippen molar-refractivity contribution in [3.8, 4) is 11.8 Å².